The molecule has 0 saturated heterocycles. The lowest BCUT2D eigenvalue weighted by Gasteiger charge is -2.01. The number of tetrazole rings is 1. The van der Waals surface area contributed by atoms with Crippen molar-refractivity contribution in [3.05, 3.63) is 5.82 Å². The molecule has 0 aliphatic rings. The number of carbonyl (C=O) groups is 2. The molecule has 2 N–H and O–H groups in total. The summed E-state index contributed by atoms with van der Waals surface area (Å²) in [7, 11) is 1.50. The fraction of sp³-hybridized carbons (Fsp3) is 0.571. The largest absolute Gasteiger partial charge is 0.481 e. The maximum Gasteiger partial charge on any atom is 0.303 e. The molecule has 1 amide bonds. The number of hydrogen-bond donors (Lipinski definition) is 2. The SMILES string of the molecule is CNC(=O)Cn1nnnc1CCC(=O)O. The highest BCUT2D eigenvalue weighted by molar-refractivity contribution is 5.75. The van der Waals surface area contributed by atoms with Crippen molar-refractivity contribution in [1.29, 1.82) is 0 Å². The third-order valence-electron chi connectivity index (χ3n) is 1.74. The Morgan fingerprint density at radius 3 is 2.87 bits per heavy atom. The number of aliphatic carboxylic acids is 1. The van der Waals surface area contributed by atoms with Crippen molar-refractivity contribution in [3.8, 4) is 0 Å². The van der Waals surface area contributed by atoms with E-state index in [0.717, 1.165) is 0 Å². The fourth-order valence-electron chi connectivity index (χ4n) is 0.959. The summed E-state index contributed by atoms with van der Waals surface area (Å²) in [6.07, 6.45) is 0.146. The summed E-state index contributed by atoms with van der Waals surface area (Å²) in [5, 5.41) is 21.5. The van der Waals surface area contributed by atoms with Gasteiger partial charge in [-0.3, -0.25) is 9.59 Å². The predicted molar refractivity (Wildman–Crippen MR) is 47.8 cm³/mol. The molecule has 1 aromatic rings. The summed E-state index contributed by atoms with van der Waals surface area (Å²) in [6.45, 7) is -0.00154. The summed E-state index contributed by atoms with van der Waals surface area (Å²) < 4.78 is 1.28. The van der Waals surface area contributed by atoms with E-state index >= 15 is 0 Å². The molecule has 0 aromatic carbocycles. The van der Waals surface area contributed by atoms with E-state index < -0.39 is 5.97 Å². The number of carboxylic acids is 1. The zero-order chi connectivity index (χ0) is 11.3. The molecule has 0 bridgehead atoms. The molecular weight excluding hydrogens is 202 g/mol. The molecule has 82 valence electrons. The van der Waals surface area contributed by atoms with E-state index in [2.05, 4.69) is 20.8 Å². The number of amides is 1. The second-order valence-corrected chi connectivity index (χ2v) is 2.82. The standard InChI is InChI=1S/C7H11N5O3/c1-8-6(13)4-12-5(9-10-11-12)2-3-7(14)15/h2-4H2,1H3,(H,8,13)(H,14,15). The van der Waals surface area contributed by atoms with Gasteiger partial charge in [0.1, 0.15) is 6.54 Å². The third-order valence-corrected chi connectivity index (χ3v) is 1.74. The van der Waals surface area contributed by atoms with E-state index in [1.54, 1.807) is 0 Å². The maximum atomic E-state index is 11.0. The molecule has 0 aliphatic heterocycles. The number of carboxylic acid groups (broad SMARTS) is 1. The molecule has 1 rings (SSSR count). The minimum absolute atomic E-state index is 0.00154. The molecule has 1 aromatic heterocycles. The molecule has 8 nitrogen and oxygen atoms in total. The molecule has 0 radical (unpaired) electrons. The van der Waals surface area contributed by atoms with Crippen molar-refractivity contribution >= 4 is 11.9 Å². The summed E-state index contributed by atoms with van der Waals surface area (Å²) in [5.41, 5.74) is 0. The van der Waals surface area contributed by atoms with E-state index in [0.29, 0.717) is 5.82 Å². The van der Waals surface area contributed by atoms with Gasteiger partial charge in [0.25, 0.3) is 0 Å². The lowest BCUT2D eigenvalue weighted by Crippen LogP contribution is -2.25. The number of rotatable bonds is 5. The van der Waals surface area contributed by atoms with Crippen LogP contribution in [0.4, 0.5) is 0 Å². The van der Waals surface area contributed by atoms with Crippen LogP contribution < -0.4 is 5.32 Å². The van der Waals surface area contributed by atoms with Gasteiger partial charge in [0.05, 0.1) is 6.42 Å². The number of carbonyl (C=O) groups excluding carboxylic acids is 1. The van der Waals surface area contributed by atoms with Crippen molar-refractivity contribution in [2.24, 2.45) is 0 Å². The van der Waals surface area contributed by atoms with Gasteiger partial charge in [-0.25, -0.2) is 4.68 Å². The van der Waals surface area contributed by atoms with Crippen LogP contribution in [0.1, 0.15) is 12.2 Å². The molecule has 0 fully saturated rings. The zero-order valence-corrected chi connectivity index (χ0v) is 8.17. The molecule has 1 heterocycles. The Kier molecular flexibility index (Phi) is 3.72. The van der Waals surface area contributed by atoms with E-state index in [1.165, 1.54) is 11.7 Å². The average Bonchev–Trinajstić information content (AvgIpc) is 2.62. The van der Waals surface area contributed by atoms with Crippen LogP contribution in [-0.2, 0) is 22.6 Å². The van der Waals surface area contributed by atoms with Gasteiger partial charge in [-0.2, -0.15) is 0 Å². The molecule has 0 atom stereocenters. The number of nitrogens with one attached hydrogen (secondary N) is 1. The Labute approximate surface area is 85.3 Å². The van der Waals surface area contributed by atoms with Crippen LogP contribution in [0.3, 0.4) is 0 Å². The topological polar surface area (TPSA) is 110 Å². The van der Waals surface area contributed by atoms with E-state index in [1.807, 2.05) is 0 Å². The fourth-order valence-corrected chi connectivity index (χ4v) is 0.959. The van der Waals surface area contributed by atoms with Gasteiger partial charge in [-0.1, -0.05) is 0 Å². The number of nitrogens with zero attached hydrogens (tertiary/aromatic N) is 4. The van der Waals surface area contributed by atoms with Gasteiger partial charge in [0.15, 0.2) is 5.82 Å². The normalized spacial score (nSPS) is 9.93. The summed E-state index contributed by atoms with van der Waals surface area (Å²) in [5.74, 6) is -0.774. The highest BCUT2D eigenvalue weighted by Crippen LogP contribution is 1.97. The summed E-state index contributed by atoms with van der Waals surface area (Å²) >= 11 is 0. The molecule has 15 heavy (non-hydrogen) atoms. The number of likely N-dealkylation sites (N-methyl/N-ethyl adjacent to an activating group) is 1. The van der Waals surface area contributed by atoms with Crippen molar-refractivity contribution in [2.45, 2.75) is 19.4 Å². The Morgan fingerprint density at radius 1 is 1.53 bits per heavy atom. The first kappa shape index (κ1) is 11.1. The summed E-state index contributed by atoms with van der Waals surface area (Å²) in [6, 6.07) is 0. The molecule has 0 saturated carbocycles. The van der Waals surface area contributed by atoms with Crippen molar-refractivity contribution in [2.75, 3.05) is 7.05 Å². The monoisotopic (exact) mass is 213 g/mol. The van der Waals surface area contributed by atoms with Crippen LogP contribution in [0, 0.1) is 0 Å². The first-order valence-electron chi connectivity index (χ1n) is 4.31. The number of aryl methyl sites for hydroxylation is 1. The zero-order valence-electron chi connectivity index (χ0n) is 8.17. The predicted octanol–water partition coefficient (Wildman–Crippen LogP) is -1.56. The molecule has 0 aliphatic carbocycles. The van der Waals surface area contributed by atoms with E-state index in [4.69, 9.17) is 5.11 Å². The van der Waals surface area contributed by atoms with Gasteiger partial charge >= 0.3 is 5.97 Å². The summed E-state index contributed by atoms with van der Waals surface area (Å²) in [4.78, 5) is 21.4. The molecule has 8 heteroatoms. The Morgan fingerprint density at radius 2 is 2.27 bits per heavy atom. The van der Waals surface area contributed by atoms with E-state index in [9.17, 15) is 9.59 Å². The average molecular weight is 213 g/mol. The number of aromatic nitrogens is 4. The lowest BCUT2D eigenvalue weighted by atomic mass is 10.3. The van der Waals surface area contributed by atoms with Crippen molar-refractivity contribution < 1.29 is 14.7 Å². The highest BCUT2D eigenvalue weighted by Gasteiger charge is 2.10. The van der Waals surface area contributed by atoms with Gasteiger partial charge in [-0.05, 0) is 10.4 Å². The van der Waals surface area contributed by atoms with Gasteiger partial charge in [0, 0.05) is 13.5 Å². The van der Waals surface area contributed by atoms with Gasteiger partial charge < -0.3 is 10.4 Å². The van der Waals surface area contributed by atoms with Gasteiger partial charge in [-0.15, -0.1) is 5.10 Å². The second-order valence-electron chi connectivity index (χ2n) is 2.82. The van der Waals surface area contributed by atoms with Crippen LogP contribution in [-0.4, -0.2) is 44.2 Å². The Bertz CT molecular complexity index is 361. The van der Waals surface area contributed by atoms with Crippen LogP contribution in [0.5, 0.6) is 0 Å². The first-order chi connectivity index (χ1) is 7.13. The quantitative estimate of drug-likeness (QED) is 0.611. The highest BCUT2D eigenvalue weighted by atomic mass is 16.4. The first-order valence-corrected chi connectivity index (χ1v) is 4.31. The van der Waals surface area contributed by atoms with Crippen LogP contribution in [0.15, 0.2) is 0 Å². The Balaban J connectivity index is 2.60. The minimum atomic E-state index is -0.926. The minimum Gasteiger partial charge on any atom is -0.481 e. The van der Waals surface area contributed by atoms with Crippen molar-refractivity contribution in [3.63, 3.8) is 0 Å². The molecular formula is C7H11N5O3. The Hall–Kier alpha value is -1.99. The van der Waals surface area contributed by atoms with E-state index in [-0.39, 0.29) is 25.3 Å². The van der Waals surface area contributed by atoms with Crippen LogP contribution in [0.2, 0.25) is 0 Å². The van der Waals surface area contributed by atoms with Crippen LogP contribution >= 0.6 is 0 Å². The smallest absolute Gasteiger partial charge is 0.303 e. The molecule has 0 spiro atoms. The second kappa shape index (κ2) is 5.03. The third kappa shape index (κ3) is 3.33. The lowest BCUT2D eigenvalue weighted by molar-refractivity contribution is -0.137. The number of hydrogen-bond acceptors (Lipinski definition) is 5. The van der Waals surface area contributed by atoms with Crippen LogP contribution in [0.25, 0.3) is 0 Å². The molecule has 0 unspecified atom stereocenters. The van der Waals surface area contributed by atoms with Crippen molar-refractivity contribution in [1.82, 2.24) is 25.5 Å². The maximum absolute atomic E-state index is 11.0. The van der Waals surface area contributed by atoms with Gasteiger partial charge in [0.2, 0.25) is 5.91 Å².